The minimum atomic E-state index is -1.02. The van der Waals surface area contributed by atoms with Crippen LogP contribution in [-0.4, -0.2) is 33.2 Å². The molecule has 15 heavy (non-hydrogen) atoms. The molecule has 1 saturated heterocycles. The van der Waals surface area contributed by atoms with Gasteiger partial charge in [0, 0.05) is 23.8 Å². The Balaban J connectivity index is 2.02. The van der Waals surface area contributed by atoms with Crippen molar-refractivity contribution in [3.8, 4) is 0 Å². The first-order chi connectivity index (χ1) is 7.20. The van der Waals surface area contributed by atoms with Gasteiger partial charge in [0.2, 0.25) is 0 Å². The van der Waals surface area contributed by atoms with Crippen LogP contribution in [-0.2, 0) is 20.3 Å². The molecule has 1 aliphatic heterocycles. The second-order valence-corrected chi connectivity index (χ2v) is 6.26. The Kier molecular flexibility index (Phi) is 3.57. The second-order valence-electron chi connectivity index (χ2n) is 4.43. The third-order valence-corrected chi connectivity index (χ3v) is 5.66. The average Bonchev–Trinajstić information content (AvgIpc) is 2.64. The fourth-order valence-corrected chi connectivity index (χ4v) is 4.41. The van der Waals surface area contributed by atoms with E-state index in [0.717, 1.165) is 25.7 Å². The van der Waals surface area contributed by atoms with E-state index < -0.39 is 10.8 Å². The van der Waals surface area contributed by atoms with Crippen LogP contribution in [0.2, 0.25) is 0 Å². The molecule has 0 radical (unpaired) electrons. The van der Waals surface area contributed by atoms with Crippen molar-refractivity contribution in [2.45, 2.75) is 55.6 Å². The van der Waals surface area contributed by atoms with Gasteiger partial charge in [-0.15, -0.1) is 0 Å². The van der Waals surface area contributed by atoms with Crippen LogP contribution < -0.4 is 0 Å². The molecule has 3 nitrogen and oxygen atoms in total. The molecule has 2 aliphatic rings. The fraction of sp³-hybridized carbons (Fsp3) is 0.909. The number of carbonyl (C=O) groups is 1. The lowest BCUT2D eigenvalue weighted by atomic mass is 9.99. The van der Waals surface area contributed by atoms with Gasteiger partial charge in [-0.05, 0) is 26.2 Å². The van der Waals surface area contributed by atoms with Crippen LogP contribution in [0.15, 0.2) is 0 Å². The van der Waals surface area contributed by atoms with Gasteiger partial charge in [-0.2, -0.15) is 0 Å². The van der Waals surface area contributed by atoms with Crippen molar-refractivity contribution in [1.29, 1.82) is 0 Å². The highest BCUT2D eigenvalue weighted by Gasteiger charge is 2.37. The summed E-state index contributed by atoms with van der Waals surface area (Å²) in [5, 5.41) is -0.120. The molecule has 0 aromatic carbocycles. The third kappa shape index (κ3) is 2.31. The quantitative estimate of drug-likeness (QED) is 0.720. The number of rotatable bonds is 2. The highest BCUT2D eigenvalue weighted by Crippen LogP contribution is 2.27. The van der Waals surface area contributed by atoms with E-state index in [-0.39, 0.29) is 22.4 Å². The largest absolute Gasteiger partial charge is 0.377 e. The molecule has 4 heteroatoms. The smallest absolute Gasteiger partial charge is 0.148 e. The van der Waals surface area contributed by atoms with Crippen LogP contribution in [0.1, 0.15) is 39.0 Å². The van der Waals surface area contributed by atoms with Crippen LogP contribution >= 0.6 is 0 Å². The van der Waals surface area contributed by atoms with Gasteiger partial charge in [0.15, 0.2) is 0 Å². The molecular formula is C11H18O3S. The molecule has 0 aromatic rings. The van der Waals surface area contributed by atoms with Crippen LogP contribution in [0.5, 0.6) is 0 Å². The van der Waals surface area contributed by atoms with Crippen molar-refractivity contribution in [3.63, 3.8) is 0 Å². The molecule has 1 heterocycles. The predicted molar refractivity (Wildman–Crippen MR) is 59.2 cm³/mol. The molecule has 0 aromatic heterocycles. The maximum atomic E-state index is 12.2. The minimum absolute atomic E-state index is 0.0561. The van der Waals surface area contributed by atoms with Crippen LogP contribution in [0, 0.1) is 0 Å². The van der Waals surface area contributed by atoms with Crippen molar-refractivity contribution in [3.05, 3.63) is 0 Å². The SMILES string of the molecule is CC1OCCC1S(=O)C1CCCCC1=O. The zero-order valence-corrected chi connectivity index (χ0v) is 9.92. The van der Waals surface area contributed by atoms with E-state index in [9.17, 15) is 9.00 Å². The normalized spacial score (nSPS) is 39.3. The first-order valence-corrected chi connectivity index (χ1v) is 7.01. The molecule has 1 saturated carbocycles. The molecule has 0 bridgehead atoms. The van der Waals surface area contributed by atoms with E-state index in [2.05, 4.69) is 0 Å². The highest BCUT2D eigenvalue weighted by molar-refractivity contribution is 7.87. The van der Waals surface area contributed by atoms with Gasteiger partial charge in [0.25, 0.3) is 0 Å². The summed E-state index contributed by atoms with van der Waals surface area (Å²) >= 11 is 0. The summed E-state index contributed by atoms with van der Waals surface area (Å²) in [4.78, 5) is 11.7. The van der Waals surface area contributed by atoms with Crippen molar-refractivity contribution in [2.24, 2.45) is 0 Å². The van der Waals surface area contributed by atoms with E-state index in [0.29, 0.717) is 13.0 Å². The van der Waals surface area contributed by atoms with Gasteiger partial charge in [0.1, 0.15) is 5.78 Å². The summed E-state index contributed by atoms with van der Waals surface area (Å²) in [5.74, 6) is 0.207. The molecule has 0 spiro atoms. The average molecular weight is 230 g/mol. The molecule has 4 unspecified atom stereocenters. The summed E-state index contributed by atoms with van der Waals surface area (Å²) in [7, 11) is -1.02. The van der Waals surface area contributed by atoms with Gasteiger partial charge < -0.3 is 4.74 Å². The Labute approximate surface area is 93.0 Å². The van der Waals surface area contributed by atoms with Gasteiger partial charge in [-0.25, -0.2) is 0 Å². The first-order valence-electron chi connectivity index (χ1n) is 5.74. The number of hydrogen-bond acceptors (Lipinski definition) is 3. The van der Waals surface area contributed by atoms with Crippen molar-refractivity contribution in [2.75, 3.05) is 6.61 Å². The number of Topliss-reactive ketones (excluding diaryl/α,β-unsaturated/α-hetero) is 1. The molecule has 2 rings (SSSR count). The number of ether oxygens (including phenoxy) is 1. The Hall–Kier alpha value is -0.220. The molecular weight excluding hydrogens is 212 g/mol. The summed E-state index contributed by atoms with van der Waals surface area (Å²) in [6, 6.07) is 0. The number of carbonyl (C=O) groups excluding carboxylic acids is 1. The zero-order valence-electron chi connectivity index (χ0n) is 9.11. The fourth-order valence-electron chi connectivity index (χ4n) is 2.42. The maximum Gasteiger partial charge on any atom is 0.148 e. The van der Waals surface area contributed by atoms with E-state index >= 15 is 0 Å². The summed E-state index contributed by atoms with van der Waals surface area (Å²) < 4.78 is 17.6. The minimum Gasteiger partial charge on any atom is -0.377 e. The maximum absolute atomic E-state index is 12.2. The lowest BCUT2D eigenvalue weighted by Crippen LogP contribution is -2.37. The van der Waals surface area contributed by atoms with E-state index in [1.807, 2.05) is 6.92 Å². The molecule has 0 amide bonds. The predicted octanol–water partition coefficient (Wildman–Crippen LogP) is 1.42. The number of ketones is 1. The molecule has 86 valence electrons. The van der Waals surface area contributed by atoms with Crippen LogP contribution in [0.3, 0.4) is 0 Å². The van der Waals surface area contributed by atoms with Gasteiger partial charge >= 0.3 is 0 Å². The van der Waals surface area contributed by atoms with Crippen molar-refractivity contribution in [1.82, 2.24) is 0 Å². The zero-order chi connectivity index (χ0) is 10.8. The van der Waals surface area contributed by atoms with Gasteiger partial charge in [-0.3, -0.25) is 9.00 Å². The van der Waals surface area contributed by atoms with Gasteiger partial charge in [0.05, 0.1) is 16.6 Å². The molecule has 2 fully saturated rings. The van der Waals surface area contributed by atoms with Crippen LogP contribution in [0.25, 0.3) is 0 Å². The van der Waals surface area contributed by atoms with E-state index in [1.165, 1.54) is 0 Å². The Morgan fingerprint density at radius 1 is 1.33 bits per heavy atom. The summed E-state index contributed by atoms with van der Waals surface area (Å²) in [6.45, 7) is 2.65. The highest BCUT2D eigenvalue weighted by atomic mass is 32.2. The van der Waals surface area contributed by atoms with Crippen molar-refractivity contribution >= 4 is 16.6 Å². The monoisotopic (exact) mass is 230 g/mol. The lowest BCUT2D eigenvalue weighted by Gasteiger charge is -2.24. The Morgan fingerprint density at radius 2 is 2.13 bits per heavy atom. The standard InChI is InChI=1S/C11H18O3S/c1-8-10(6-7-14-8)15(13)11-5-3-2-4-9(11)12/h8,10-11H,2-7H2,1H3. The van der Waals surface area contributed by atoms with Crippen molar-refractivity contribution < 1.29 is 13.7 Å². The topological polar surface area (TPSA) is 43.4 Å². The third-order valence-electron chi connectivity index (χ3n) is 3.38. The van der Waals surface area contributed by atoms with Gasteiger partial charge in [-0.1, -0.05) is 6.42 Å². The first kappa shape index (κ1) is 11.3. The summed E-state index contributed by atoms with van der Waals surface area (Å²) in [6.07, 6.45) is 4.36. The lowest BCUT2D eigenvalue weighted by molar-refractivity contribution is -0.119. The molecule has 1 aliphatic carbocycles. The van der Waals surface area contributed by atoms with E-state index in [4.69, 9.17) is 4.74 Å². The Bertz CT molecular complexity index is 277. The Morgan fingerprint density at radius 3 is 2.73 bits per heavy atom. The molecule has 0 N–H and O–H groups in total. The number of hydrogen-bond donors (Lipinski definition) is 0. The second kappa shape index (κ2) is 4.74. The van der Waals surface area contributed by atoms with Crippen LogP contribution in [0.4, 0.5) is 0 Å². The molecule has 4 atom stereocenters. The van der Waals surface area contributed by atoms with E-state index in [1.54, 1.807) is 0 Å². The summed E-state index contributed by atoms with van der Waals surface area (Å²) in [5.41, 5.74) is 0.